The second-order valence-electron chi connectivity index (χ2n) is 6.53. The fourth-order valence-corrected chi connectivity index (χ4v) is 2.76. The first-order valence-electron chi connectivity index (χ1n) is 7.27. The Morgan fingerprint density at radius 2 is 2.33 bits per heavy atom. The average molecular weight is 249 g/mol. The lowest BCUT2D eigenvalue weighted by Crippen LogP contribution is -2.27. The SMILES string of the molecule is CCC(C)n1ccc(CNC2CCC(C)(C)C2)n1. The van der Waals surface area contributed by atoms with Gasteiger partial charge in [0.15, 0.2) is 0 Å². The monoisotopic (exact) mass is 249 g/mol. The molecule has 0 saturated heterocycles. The first kappa shape index (κ1) is 13.6. The number of nitrogens with one attached hydrogen (secondary N) is 1. The third-order valence-electron chi connectivity index (χ3n) is 4.25. The summed E-state index contributed by atoms with van der Waals surface area (Å²) in [6.07, 6.45) is 7.17. The van der Waals surface area contributed by atoms with Gasteiger partial charge in [-0.3, -0.25) is 4.68 Å². The summed E-state index contributed by atoms with van der Waals surface area (Å²) in [6, 6.07) is 3.32. The Labute approximate surface area is 111 Å². The highest BCUT2D eigenvalue weighted by Crippen LogP contribution is 2.36. The normalized spacial score (nSPS) is 24.3. The molecule has 0 aliphatic heterocycles. The quantitative estimate of drug-likeness (QED) is 0.865. The molecular formula is C15H27N3. The van der Waals surface area contributed by atoms with E-state index in [1.54, 1.807) is 0 Å². The van der Waals surface area contributed by atoms with Crippen LogP contribution in [-0.2, 0) is 6.54 Å². The second kappa shape index (κ2) is 5.43. The van der Waals surface area contributed by atoms with Crippen molar-refractivity contribution >= 4 is 0 Å². The maximum atomic E-state index is 4.63. The predicted molar refractivity (Wildman–Crippen MR) is 75.5 cm³/mol. The molecule has 1 fully saturated rings. The van der Waals surface area contributed by atoms with E-state index in [1.165, 1.54) is 25.0 Å². The van der Waals surface area contributed by atoms with Crippen molar-refractivity contribution in [2.24, 2.45) is 5.41 Å². The van der Waals surface area contributed by atoms with Crippen molar-refractivity contribution < 1.29 is 0 Å². The largest absolute Gasteiger partial charge is 0.308 e. The van der Waals surface area contributed by atoms with Crippen LogP contribution in [0, 0.1) is 5.41 Å². The van der Waals surface area contributed by atoms with Gasteiger partial charge in [0.05, 0.1) is 5.69 Å². The first-order valence-corrected chi connectivity index (χ1v) is 7.27. The molecule has 1 aromatic heterocycles. The van der Waals surface area contributed by atoms with Gasteiger partial charge in [-0.25, -0.2) is 0 Å². The van der Waals surface area contributed by atoms with E-state index in [1.807, 2.05) is 0 Å². The van der Waals surface area contributed by atoms with E-state index < -0.39 is 0 Å². The zero-order valence-corrected chi connectivity index (χ0v) is 12.2. The molecule has 0 bridgehead atoms. The Morgan fingerprint density at radius 1 is 1.56 bits per heavy atom. The molecule has 1 heterocycles. The highest BCUT2D eigenvalue weighted by Gasteiger charge is 2.30. The first-order chi connectivity index (χ1) is 8.50. The van der Waals surface area contributed by atoms with Gasteiger partial charge in [-0.1, -0.05) is 20.8 Å². The fraction of sp³-hybridized carbons (Fsp3) is 0.800. The second-order valence-corrected chi connectivity index (χ2v) is 6.53. The Bertz CT molecular complexity index is 381. The van der Waals surface area contributed by atoms with Crippen molar-refractivity contribution in [1.82, 2.24) is 15.1 Å². The number of rotatable bonds is 5. The van der Waals surface area contributed by atoms with Crippen LogP contribution in [0.1, 0.15) is 65.1 Å². The van der Waals surface area contributed by atoms with E-state index in [-0.39, 0.29) is 0 Å². The Balaban J connectivity index is 1.82. The number of hydrogen-bond donors (Lipinski definition) is 1. The number of nitrogens with zero attached hydrogens (tertiary/aromatic N) is 2. The van der Waals surface area contributed by atoms with Crippen LogP contribution in [0.2, 0.25) is 0 Å². The summed E-state index contributed by atoms with van der Waals surface area (Å²) < 4.78 is 2.08. The maximum absolute atomic E-state index is 4.63. The third-order valence-corrected chi connectivity index (χ3v) is 4.25. The van der Waals surface area contributed by atoms with Crippen LogP contribution in [0.15, 0.2) is 12.3 Å². The molecule has 1 aromatic rings. The van der Waals surface area contributed by atoms with Gasteiger partial charge in [0.25, 0.3) is 0 Å². The van der Waals surface area contributed by atoms with Gasteiger partial charge in [-0.2, -0.15) is 5.10 Å². The summed E-state index contributed by atoms with van der Waals surface area (Å²) in [6.45, 7) is 10.1. The molecule has 1 saturated carbocycles. The highest BCUT2D eigenvalue weighted by atomic mass is 15.3. The van der Waals surface area contributed by atoms with Crippen molar-refractivity contribution in [1.29, 1.82) is 0 Å². The van der Waals surface area contributed by atoms with E-state index in [0.29, 0.717) is 17.5 Å². The molecule has 3 nitrogen and oxygen atoms in total. The molecule has 2 rings (SSSR count). The van der Waals surface area contributed by atoms with Crippen molar-refractivity contribution in [2.75, 3.05) is 0 Å². The Kier molecular flexibility index (Phi) is 4.10. The van der Waals surface area contributed by atoms with Gasteiger partial charge in [0.2, 0.25) is 0 Å². The van der Waals surface area contributed by atoms with E-state index in [9.17, 15) is 0 Å². The van der Waals surface area contributed by atoms with Crippen LogP contribution in [0.5, 0.6) is 0 Å². The standard InChI is InChI=1S/C15H27N3/c1-5-12(2)18-9-7-14(17-18)11-16-13-6-8-15(3,4)10-13/h7,9,12-13,16H,5-6,8,10-11H2,1-4H3. The van der Waals surface area contributed by atoms with E-state index in [4.69, 9.17) is 0 Å². The molecule has 18 heavy (non-hydrogen) atoms. The zero-order valence-electron chi connectivity index (χ0n) is 12.2. The molecule has 0 radical (unpaired) electrons. The van der Waals surface area contributed by atoms with Crippen LogP contribution in [-0.4, -0.2) is 15.8 Å². The summed E-state index contributed by atoms with van der Waals surface area (Å²) in [5.41, 5.74) is 1.69. The fourth-order valence-electron chi connectivity index (χ4n) is 2.76. The maximum Gasteiger partial charge on any atom is 0.0762 e. The molecule has 1 N–H and O–H groups in total. The lowest BCUT2D eigenvalue weighted by Gasteiger charge is -2.17. The lowest BCUT2D eigenvalue weighted by molar-refractivity contribution is 0.363. The van der Waals surface area contributed by atoms with E-state index in [2.05, 4.69) is 55.1 Å². The molecule has 2 atom stereocenters. The topological polar surface area (TPSA) is 29.9 Å². The molecule has 0 amide bonds. The molecule has 0 spiro atoms. The van der Waals surface area contributed by atoms with Crippen molar-refractivity contribution in [3.05, 3.63) is 18.0 Å². The summed E-state index contributed by atoms with van der Waals surface area (Å²) in [4.78, 5) is 0. The van der Waals surface area contributed by atoms with Crippen LogP contribution in [0.3, 0.4) is 0 Å². The third kappa shape index (κ3) is 3.35. The summed E-state index contributed by atoms with van der Waals surface area (Å²) in [5.74, 6) is 0. The molecular weight excluding hydrogens is 222 g/mol. The molecule has 3 heteroatoms. The average Bonchev–Trinajstić information content (AvgIpc) is 2.92. The number of aromatic nitrogens is 2. The van der Waals surface area contributed by atoms with Crippen molar-refractivity contribution in [3.63, 3.8) is 0 Å². The summed E-state index contributed by atoms with van der Waals surface area (Å²) >= 11 is 0. The van der Waals surface area contributed by atoms with Crippen LogP contribution < -0.4 is 5.32 Å². The van der Waals surface area contributed by atoms with Gasteiger partial charge in [0.1, 0.15) is 0 Å². The minimum absolute atomic E-state index is 0.504. The lowest BCUT2D eigenvalue weighted by atomic mass is 9.92. The Morgan fingerprint density at radius 3 is 2.94 bits per heavy atom. The van der Waals surface area contributed by atoms with Crippen LogP contribution >= 0.6 is 0 Å². The smallest absolute Gasteiger partial charge is 0.0762 e. The molecule has 1 aliphatic rings. The summed E-state index contributed by atoms with van der Waals surface area (Å²) in [5, 5.41) is 8.28. The molecule has 2 unspecified atom stereocenters. The Hall–Kier alpha value is -0.830. The van der Waals surface area contributed by atoms with Crippen molar-refractivity contribution in [2.45, 2.75) is 72.0 Å². The molecule has 0 aromatic carbocycles. The van der Waals surface area contributed by atoms with Gasteiger partial charge in [-0.15, -0.1) is 0 Å². The van der Waals surface area contributed by atoms with Crippen LogP contribution in [0.25, 0.3) is 0 Å². The van der Waals surface area contributed by atoms with Gasteiger partial charge >= 0.3 is 0 Å². The summed E-state index contributed by atoms with van der Waals surface area (Å²) in [7, 11) is 0. The molecule has 1 aliphatic carbocycles. The van der Waals surface area contributed by atoms with Gasteiger partial charge in [0, 0.05) is 24.8 Å². The van der Waals surface area contributed by atoms with E-state index in [0.717, 1.165) is 13.0 Å². The molecule has 102 valence electrons. The highest BCUT2D eigenvalue weighted by molar-refractivity contribution is 5.00. The zero-order chi connectivity index (χ0) is 13.2. The van der Waals surface area contributed by atoms with Crippen molar-refractivity contribution in [3.8, 4) is 0 Å². The van der Waals surface area contributed by atoms with Gasteiger partial charge < -0.3 is 5.32 Å². The van der Waals surface area contributed by atoms with Crippen LogP contribution in [0.4, 0.5) is 0 Å². The number of hydrogen-bond acceptors (Lipinski definition) is 2. The minimum Gasteiger partial charge on any atom is -0.308 e. The predicted octanol–water partition coefficient (Wildman–Crippen LogP) is 3.52. The van der Waals surface area contributed by atoms with E-state index >= 15 is 0 Å². The minimum atomic E-state index is 0.504. The van der Waals surface area contributed by atoms with Gasteiger partial charge in [-0.05, 0) is 44.1 Å².